The van der Waals surface area contributed by atoms with Crippen LogP contribution in [0.4, 0.5) is 0 Å². The van der Waals surface area contributed by atoms with E-state index in [0.717, 1.165) is 23.9 Å². The maximum Gasteiger partial charge on any atom is 0.255 e. The van der Waals surface area contributed by atoms with Gasteiger partial charge < -0.3 is 10.1 Å². The molecule has 144 valence electrons. The Hall–Kier alpha value is -2.85. The molecule has 4 nitrogen and oxygen atoms in total. The van der Waals surface area contributed by atoms with Crippen LogP contribution >= 0.6 is 0 Å². The van der Waals surface area contributed by atoms with E-state index in [4.69, 9.17) is 4.74 Å². The number of rotatable bonds is 6. The molecule has 1 heterocycles. The number of benzene rings is 3. The van der Waals surface area contributed by atoms with Crippen molar-refractivity contribution in [3.8, 4) is 5.75 Å². The van der Waals surface area contributed by atoms with Crippen LogP contribution in [-0.4, -0.2) is 37.6 Å². The second kappa shape index (κ2) is 8.44. The van der Waals surface area contributed by atoms with Crippen LogP contribution in [-0.2, 0) is 0 Å². The van der Waals surface area contributed by atoms with Gasteiger partial charge in [-0.15, -0.1) is 0 Å². The lowest BCUT2D eigenvalue weighted by Gasteiger charge is -2.28. The number of nitrogens with zero attached hydrogens (tertiary/aromatic N) is 1. The standard InChI is InChI=1S/C24H26N2O2/c1-28-23-16-20-12-6-5-11-19(20)15-21(23)24(27)25-17-22(26-13-7-8-14-26)18-9-3-2-4-10-18/h2-6,9-12,15-16,22H,7-8,13-14,17H2,1H3,(H,25,27). The topological polar surface area (TPSA) is 41.6 Å². The Morgan fingerprint density at radius 2 is 1.64 bits per heavy atom. The molecule has 1 amide bonds. The van der Waals surface area contributed by atoms with Crippen molar-refractivity contribution < 1.29 is 9.53 Å². The van der Waals surface area contributed by atoms with Gasteiger partial charge in [0.15, 0.2) is 0 Å². The number of methoxy groups -OCH3 is 1. The van der Waals surface area contributed by atoms with Crippen LogP contribution < -0.4 is 10.1 Å². The Morgan fingerprint density at radius 1 is 1.00 bits per heavy atom. The van der Waals surface area contributed by atoms with Crippen molar-refractivity contribution in [1.82, 2.24) is 10.2 Å². The zero-order valence-electron chi connectivity index (χ0n) is 16.2. The Bertz CT molecular complexity index is 949. The molecule has 3 aromatic rings. The number of hydrogen-bond acceptors (Lipinski definition) is 3. The Labute approximate surface area is 166 Å². The third-order valence-corrected chi connectivity index (χ3v) is 5.53. The molecule has 1 fully saturated rings. The van der Waals surface area contributed by atoms with Crippen LogP contribution in [0.2, 0.25) is 0 Å². The zero-order chi connectivity index (χ0) is 19.3. The van der Waals surface area contributed by atoms with Crippen molar-refractivity contribution in [3.05, 3.63) is 77.9 Å². The fourth-order valence-corrected chi connectivity index (χ4v) is 4.04. The molecule has 1 aliphatic heterocycles. The van der Waals surface area contributed by atoms with Crippen molar-refractivity contribution in [3.63, 3.8) is 0 Å². The van der Waals surface area contributed by atoms with Gasteiger partial charge in [-0.05, 0) is 54.4 Å². The van der Waals surface area contributed by atoms with Crippen molar-refractivity contribution in [2.75, 3.05) is 26.7 Å². The molecule has 0 bridgehead atoms. The third-order valence-electron chi connectivity index (χ3n) is 5.53. The summed E-state index contributed by atoms with van der Waals surface area (Å²) in [6.45, 7) is 2.74. The van der Waals surface area contributed by atoms with Gasteiger partial charge in [-0.2, -0.15) is 0 Å². The number of hydrogen-bond donors (Lipinski definition) is 1. The molecule has 1 unspecified atom stereocenters. The van der Waals surface area contributed by atoms with Gasteiger partial charge in [-0.25, -0.2) is 0 Å². The van der Waals surface area contributed by atoms with Crippen molar-refractivity contribution in [2.24, 2.45) is 0 Å². The first kappa shape index (κ1) is 18.5. The van der Waals surface area contributed by atoms with Crippen molar-refractivity contribution >= 4 is 16.7 Å². The highest BCUT2D eigenvalue weighted by molar-refractivity contribution is 6.01. The highest BCUT2D eigenvalue weighted by atomic mass is 16.5. The number of amides is 1. The van der Waals surface area contributed by atoms with Crippen LogP contribution in [0.5, 0.6) is 5.75 Å². The van der Waals surface area contributed by atoms with Gasteiger partial charge in [0, 0.05) is 6.54 Å². The van der Waals surface area contributed by atoms with E-state index < -0.39 is 0 Å². The first-order chi connectivity index (χ1) is 13.8. The molecule has 3 aromatic carbocycles. The summed E-state index contributed by atoms with van der Waals surface area (Å²) in [6.07, 6.45) is 2.44. The van der Waals surface area contributed by atoms with E-state index in [1.165, 1.54) is 18.4 Å². The van der Waals surface area contributed by atoms with E-state index in [2.05, 4.69) is 34.5 Å². The summed E-state index contributed by atoms with van der Waals surface area (Å²) in [6, 6.07) is 22.5. The first-order valence-corrected chi connectivity index (χ1v) is 9.90. The first-order valence-electron chi connectivity index (χ1n) is 9.90. The fourth-order valence-electron chi connectivity index (χ4n) is 4.04. The summed E-state index contributed by atoms with van der Waals surface area (Å²) in [5, 5.41) is 5.25. The molecular formula is C24H26N2O2. The van der Waals surface area contributed by atoms with Crippen molar-refractivity contribution in [2.45, 2.75) is 18.9 Å². The maximum atomic E-state index is 13.0. The molecule has 0 aliphatic carbocycles. The number of likely N-dealkylation sites (tertiary alicyclic amines) is 1. The molecule has 4 heteroatoms. The van der Waals surface area contributed by atoms with Crippen molar-refractivity contribution in [1.29, 1.82) is 0 Å². The largest absolute Gasteiger partial charge is 0.496 e. The number of ether oxygens (including phenoxy) is 1. The minimum absolute atomic E-state index is 0.0947. The van der Waals surface area contributed by atoms with E-state index in [-0.39, 0.29) is 11.9 Å². The summed E-state index contributed by atoms with van der Waals surface area (Å²) < 4.78 is 5.49. The third kappa shape index (κ3) is 3.87. The lowest BCUT2D eigenvalue weighted by atomic mass is 10.0. The van der Waals surface area contributed by atoms with Gasteiger partial charge in [-0.1, -0.05) is 54.6 Å². The second-order valence-corrected chi connectivity index (χ2v) is 7.28. The number of nitrogens with one attached hydrogen (secondary N) is 1. The quantitative estimate of drug-likeness (QED) is 0.695. The van der Waals surface area contributed by atoms with Crippen LogP contribution in [0.1, 0.15) is 34.8 Å². The van der Waals surface area contributed by atoms with Crippen LogP contribution in [0.25, 0.3) is 10.8 Å². The van der Waals surface area contributed by atoms with Gasteiger partial charge in [0.1, 0.15) is 5.75 Å². The minimum Gasteiger partial charge on any atom is -0.496 e. The monoisotopic (exact) mass is 374 g/mol. The molecule has 1 aliphatic rings. The van der Waals surface area contributed by atoms with E-state index in [1.807, 2.05) is 42.5 Å². The molecule has 1 N–H and O–H groups in total. The summed E-state index contributed by atoms with van der Waals surface area (Å²) in [4.78, 5) is 15.5. The van der Waals surface area contributed by atoms with E-state index in [1.54, 1.807) is 7.11 Å². The van der Waals surface area contributed by atoms with Gasteiger partial charge >= 0.3 is 0 Å². The number of fused-ring (bicyclic) bond motifs is 1. The van der Waals surface area contributed by atoms with Gasteiger partial charge in [0.05, 0.1) is 18.7 Å². The molecule has 28 heavy (non-hydrogen) atoms. The average Bonchev–Trinajstić information content (AvgIpc) is 3.28. The van der Waals surface area contributed by atoms with Crippen LogP contribution in [0.15, 0.2) is 66.7 Å². The summed E-state index contributed by atoms with van der Waals surface area (Å²) >= 11 is 0. The van der Waals surface area contributed by atoms with E-state index in [9.17, 15) is 4.79 Å². The predicted octanol–water partition coefficient (Wildman–Crippen LogP) is 4.42. The Morgan fingerprint density at radius 3 is 2.32 bits per heavy atom. The second-order valence-electron chi connectivity index (χ2n) is 7.28. The zero-order valence-corrected chi connectivity index (χ0v) is 16.2. The predicted molar refractivity (Wildman–Crippen MR) is 113 cm³/mol. The van der Waals surface area contributed by atoms with Crippen LogP contribution in [0.3, 0.4) is 0 Å². The van der Waals surface area contributed by atoms with Gasteiger partial charge in [0.25, 0.3) is 5.91 Å². The molecule has 4 rings (SSSR count). The van der Waals surface area contributed by atoms with Gasteiger partial charge in [0.2, 0.25) is 0 Å². The fraction of sp³-hybridized carbons (Fsp3) is 0.292. The number of carbonyl (C=O) groups excluding carboxylic acids is 1. The lowest BCUT2D eigenvalue weighted by molar-refractivity contribution is 0.0935. The lowest BCUT2D eigenvalue weighted by Crippen LogP contribution is -2.36. The van der Waals surface area contributed by atoms with Gasteiger partial charge in [-0.3, -0.25) is 9.69 Å². The average molecular weight is 374 g/mol. The summed E-state index contributed by atoms with van der Waals surface area (Å²) in [5.41, 5.74) is 1.82. The molecule has 0 aromatic heterocycles. The smallest absolute Gasteiger partial charge is 0.255 e. The number of carbonyl (C=O) groups is 1. The Kier molecular flexibility index (Phi) is 5.58. The minimum atomic E-state index is -0.0947. The molecule has 1 saturated heterocycles. The molecule has 0 spiro atoms. The Balaban J connectivity index is 1.56. The molecule has 0 radical (unpaired) electrons. The highest BCUT2D eigenvalue weighted by Gasteiger charge is 2.24. The summed E-state index contributed by atoms with van der Waals surface area (Å²) in [5.74, 6) is 0.511. The maximum absolute atomic E-state index is 13.0. The van der Waals surface area contributed by atoms with E-state index in [0.29, 0.717) is 17.9 Å². The summed E-state index contributed by atoms with van der Waals surface area (Å²) in [7, 11) is 1.61. The molecular weight excluding hydrogens is 348 g/mol. The normalized spacial score (nSPS) is 15.5. The van der Waals surface area contributed by atoms with Crippen LogP contribution in [0, 0.1) is 0 Å². The highest BCUT2D eigenvalue weighted by Crippen LogP contribution is 2.27. The van der Waals surface area contributed by atoms with E-state index >= 15 is 0 Å². The molecule has 0 saturated carbocycles. The molecule has 1 atom stereocenters. The SMILES string of the molecule is COc1cc2ccccc2cc1C(=O)NCC(c1ccccc1)N1CCCC1.